The molecule has 1 atom stereocenters. The van der Waals surface area contributed by atoms with Gasteiger partial charge in [-0.05, 0) is 56.3 Å². The summed E-state index contributed by atoms with van der Waals surface area (Å²) < 4.78 is 0. The van der Waals surface area contributed by atoms with Gasteiger partial charge in [-0.2, -0.15) is 0 Å². The van der Waals surface area contributed by atoms with Gasteiger partial charge in [-0.3, -0.25) is 9.69 Å². The summed E-state index contributed by atoms with van der Waals surface area (Å²) in [5.74, 6) is 0.0728. The monoisotopic (exact) mass is 259 g/mol. The highest BCUT2D eigenvalue weighted by atomic mass is 16.2. The molecular weight excluding hydrogens is 238 g/mol. The van der Waals surface area contributed by atoms with Gasteiger partial charge in [0.1, 0.15) is 0 Å². The quantitative estimate of drug-likeness (QED) is 0.799. The number of amides is 1. The van der Waals surface area contributed by atoms with Crippen LogP contribution in [0.15, 0.2) is 18.2 Å². The van der Waals surface area contributed by atoms with Crippen LogP contribution in [-0.2, 0) is 4.79 Å². The van der Waals surface area contributed by atoms with E-state index < -0.39 is 0 Å². The maximum Gasteiger partial charge on any atom is 0.241 e. The van der Waals surface area contributed by atoms with Crippen molar-refractivity contribution >= 4 is 17.3 Å². The Balaban J connectivity index is 1.73. The van der Waals surface area contributed by atoms with Crippen molar-refractivity contribution < 1.29 is 4.79 Å². The van der Waals surface area contributed by atoms with Gasteiger partial charge in [0, 0.05) is 6.54 Å². The SMILES string of the molecule is Cc1ccc(N)c(NC(=O)[C@@H]2CC3(CC3)CN2C)c1. The third kappa shape index (κ3) is 2.32. The lowest BCUT2D eigenvalue weighted by atomic mass is 10.0. The van der Waals surface area contributed by atoms with Crippen molar-refractivity contribution in [1.82, 2.24) is 4.90 Å². The maximum absolute atomic E-state index is 12.4. The number of benzene rings is 1. The molecule has 1 aliphatic carbocycles. The minimum atomic E-state index is -0.0117. The highest BCUT2D eigenvalue weighted by Gasteiger charge is 2.52. The minimum Gasteiger partial charge on any atom is -0.397 e. The summed E-state index contributed by atoms with van der Waals surface area (Å²) in [7, 11) is 2.04. The predicted molar refractivity (Wildman–Crippen MR) is 76.9 cm³/mol. The standard InChI is InChI=1S/C15H21N3O/c1-10-3-4-11(16)12(7-10)17-14(19)13-8-15(5-6-15)9-18(13)2/h3-4,7,13H,5-6,8-9,16H2,1-2H3,(H,17,19)/t13-/m0/s1. The van der Waals surface area contributed by atoms with Crippen molar-refractivity contribution in [3.63, 3.8) is 0 Å². The normalized spacial score (nSPS) is 24.6. The molecule has 0 aromatic heterocycles. The second kappa shape index (κ2) is 4.23. The van der Waals surface area contributed by atoms with Crippen LogP contribution in [0.25, 0.3) is 0 Å². The van der Waals surface area contributed by atoms with Crippen LogP contribution in [0.3, 0.4) is 0 Å². The van der Waals surface area contributed by atoms with Crippen LogP contribution in [-0.4, -0.2) is 30.4 Å². The Morgan fingerprint density at radius 3 is 2.84 bits per heavy atom. The topological polar surface area (TPSA) is 58.4 Å². The zero-order chi connectivity index (χ0) is 13.6. The van der Waals surface area contributed by atoms with Crippen molar-refractivity contribution in [2.45, 2.75) is 32.2 Å². The zero-order valence-corrected chi connectivity index (χ0v) is 11.6. The Hall–Kier alpha value is -1.55. The molecule has 4 nitrogen and oxygen atoms in total. The van der Waals surface area contributed by atoms with Gasteiger partial charge in [-0.25, -0.2) is 0 Å². The molecule has 2 fully saturated rings. The predicted octanol–water partition coefficient (Wildman–Crippen LogP) is 2.00. The number of anilines is 2. The van der Waals surface area contributed by atoms with Gasteiger partial charge in [-0.15, -0.1) is 0 Å². The maximum atomic E-state index is 12.4. The number of hydrogen-bond donors (Lipinski definition) is 2. The van der Waals surface area contributed by atoms with Crippen LogP contribution in [0.4, 0.5) is 11.4 Å². The van der Waals surface area contributed by atoms with Gasteiger partial charge in [0.25, 0.3) is 0 Å². The number of nitrogen functional groups attached to an aromatic ring is 1. The number of nitrogens with one attached hydrogen (secondary N) is 1. The molecule has 1 heterocycles. The van der Waals surface area contributed by atoms with Crippen LogP contribution in [0, 0.1) is 12.3 Å². The Morgan fingerprint density at radius 2 is 2.21 bits per heavy atom. The first-order chi connectivity index (χ1) is 8.99. The molecule has 19 heavy (non-hydrogen) atoms. The summed E-state index contributed by atoms with van der Waals surface area (Å²) >= 11 is 0. The average molecular weight is 259 g/mol. The Kier molecular flexibility index (Phi) is 2.78. The Labute approximate surface area is 114 Å². The van der Waals surface area contributed by atoms with Gasteiger partial charge >= 0.3 is 0 Å². The molecule has 2 aliphatic rings. The van der Waals surface area contributed by atoms with E-state index in [1.165, 1.54) is 12.8 Å². The number of carbonyl (C=O) groups is 1. The summed E-state index contributed by atoms with van der Waals surface area (Å²) in [6.07, 6.45) is 3.53. The third-order valence-electron chi connectivity index (χ3n) is 4.47. The highest BCUT2D eigenvalue weighted by molar-refractivity contribution is 5.97. The van der Waals surface area contributed by atoms with E-state index >= 15 is 0 Å². The molecule has 1 aliphatic heterocycles. The lowest BCUT2D eigenvalue weighted by Crippen LogP contribution is -2.37. The molecule has 1 spiro atoms. The van der Waals surface area contributed by atoms with Gasteiger partial charge in [0.05, 0.1) is 17.4 Å². The molecule has 4 heteroatoms. The summed E-state index contributed by atoms with van der Waals surface area (Å²) in [4.78, 5) is 14.6. The Bertz CT molecular complexity index is 522. The second-order valence-corrected chi connectivity index (χ2v) is 6.21. The number of rotatable bonds is 2. The molecule has 0 bridgehead atoms. The van der Waals surface area contributed by atoms with E-state index in [1.807, 2.05) is 32.2 Å². The van der Waals surface area contributed by atoms with Crippen LogP contribution in [0.2, 0.25) is 0 Å². The fourth-order valence-electron chi connectivity index (χ4n) is 3.10. The average Bonchev–Trinajstić information content (AvgIpc) is 3.01. The first kappa shape index (κ1) is 12.5. The van der Waals surface area contributed by atoms with Gasteiger partial charge < -0.3 is 11.1 Å². The van der Waals surface area contributed by atoms with Crippen molar-refractivity contribution in [1.29, 1.82) is 0 Å². The van der Waals surface area contributed by atoms with E-state index in [9.17, 15) is 4.79 Å². The molecule has 102 valence electrons. The van der Waals surface area contributed by atoms with Crippen LogP contribution in [0.5, 0.6) is 0 Å². The molecule has 0 unspecified atom stereocenters. The summed E-state index contributed by atoms with van der Waals surface area (Å²) in [5.41, 5.74) is 8.81. The van der Waals surface area contributed by atoms with E-state index in [4.69, 9.17) is 5.73 Å². The van der Waals surface area contributed by atoms with E-state index in [-0.39, 0.29) is 11.9 Å². The van der Waals surface area contributed by atoms with E-state index in [0.717, 1.165) is 24.2 Å². The van der Waals surface area contributed by atoms with E-state index in [0.29, 0.717) is 11.1 Å². The largest absolute Gasteiger partial charge is 0.397 e. The molecule has 3 rings (SSSR count). The number of likely N-dealkylation sites (N-methyl/N-ethyl adjacent to an activating group) is 1. The van der Waals surface area contributed by atoms with Crippen molar-refractivity contribution in [3.05, 3.63) is 23.8 Å². The van der Waals surface area contributed by atoms with Crippen LogP contribution in [0.1, 0.15) is 24.8 Å². The molecule has 1 saturated carbocycles. The van der Waals surface area contributed by atoms with Crippen LogP contribution >= 0.6 is 0 Å². The number of carbonyl (C=O) groups excluding carboxylic acids is 1. The van der Waals surface area contributed by atoms with Crippen molar-refractivity contribution in [2.75, 3.05) is 24.6 Å². The number of nitrogens with zero attached hydrogens (tertiary/aromatic N) is 1. The fourth-order valence-corrected chi connectivity index (χ4v) is 3.10. The minimum absolute atomic E-state index is 0.0117. The van der Waals surface area contributed by atoms with Crippen molar-refractivity contribution in [3.8, 4) is 0 Å². The highest BCUT2D eigenvalue weighted by Crippen LogP contribution is 2.54. The van der Waals surface area contributed by atoms with E-state index in [1.54, 1.807) is 0 Å². The molecule has 0 radical (unpaired) electrons. The fraction of sp³-hybridized carbons (Fsp3) is 0.533. The van der Waals surface area contributed by atoms with E-state index in [2.05, 4.69) is 10.2 Å². The number of likely N-dealkylation sites (tertiary alicyclic amines) is 1. The molecule has 1 aromatic rings. The number of aryl methyl sites for hydroxylation is 1. The lowest BCUT2D eigenvalue weighted by Gasteiger charge is -2.19. The third-order valence-corrected chi connectivity index (χ3v) is 4.47. The second-order valence-electron chi connectivity index (χ2n) is 6.21. The summed E-state index contributed by atoms with van der Waals surface area (Å²) in [5, 5.41) is 2.98. The first-order valence-corrected chi connectivity index (χ1v) is 6.86. The van der Waals surface area contributed by atoms with Crippen molar-refractivity contribution in [2.24, 2.45) is 5.41 Å². The van der Waals surface area contributed by atoms with Gasteiger partial charge in [0.2, 0.25) is 5.91 Å². The molecular formula is C15H21N3O. The molecule has 1 amide bonds. The lowest BCUT2D eigenvalue weighted by molar-refractivity contribution is -0.120. The number of hydrogen-bond acceptors (Lipinski definition) is 3. The van der Waals surface area contributed by atoms with Gasteiger partial charge in [0.15, 0.2) is 0 Å². The molecule has 3 N–H and O–H groups in total. The summed E-state index contributed by atoms with van der Waals surface area (Å²) in [6, 6.07) is 5.70. The summed E-state index contributed by atoms with van der Waals surface area (Å²) in [6.45, 7) is 3.05. The van der Waals surface area contributed by atoms with Crippen LogP contribution < -0.4 is 11.1 Å². The Morgan fingerprint density at radius 1 is 1.47 bits per heavy atom. The first-order valence-electron chi connectivity index (χ1n) is 6.86. The van der Waals surface area contributed by atoms with Gasteiger partial charge in [-0.1, -0.05) is 6.07 Å². The number of nitrogens with two attached hydrogens (primary N) is 1. The smallest absolute Gasteiger partial charge is 0.241 e. The molecule has 1 saturated heterocycles. The molecule has 1 aromatic carbocycles. The zero-order valence-electron chi connectivity index (χ0n) is 11.6.